The average Bonchev–Trinajstić information content (AvgIpc) is 0.811. The van der Waals surface area contributed by atoms with E-state index in [9.17, 15) is 0 Å². The van der Waals surface area contributed by atoms with Gasteiger partial charge in [0.15, 0.2) is 0 Å². The smallest absolute Gasteiger partial charge is 0.201 e. The third-order valence-corrected chi connectivity index (χ3v) is 0. The highest BCUT2D eigenvalue weighted by Crippen LogP contribution is 1.37. The van der Waals surface area contributed by atoms with E-state index in [2.05, 4.69) is 0 Å². The average molecular weight is 53.5 g/mol. The van der Waals surface area contributed by atoms with Crippen molar-refractivity contribution in [1.29, 1.82) is 0 Å². The van der Waals surface area contributed by atoms with Gasteiger partial charge in [0.1, 0.15) is 0 Å². The Morgan fingerprint density at radius 2 is 1.50 bits per heavy atom. The molecule has 0 fully saturated rings. The molecule has 0 heterocycles. The van der Waals surface area contributed by atoms with Crippen LogP contribution in [0.4, 0.5) is 0 Å². The van der Waals surface area contributed by atoms with Crippen molar-refractivity contribution in [2.24, 2.45) is 0 Å². The van der Waals surface area contributed by atoms with Crippen LogP contribution in [0.3, 0.4) is 0 Å². The van der Waals surface area contributed by atoms with E-state index in [1.54, 1.807) is 15.5 Å². The molecule has 4 heavy (non-hydrogen) atoms. The molecular formula is H5B3O. The fourth-order valence-electron chi connectivity index (χ4n) is 0. The molecule has 0 bridgehead atoms. The van der Waals surface area contributed by atoms with Crippen LogP contribution >= 0.6 is 0 Å². The van der Waals surface area contributed by atoms with Crippen molar-refractivity contribution in [2.45, 2.75) is 0 Å². The van der Waals surface area contributed by atoms with E-state index in [1.807, 2.05) is 0 Å². The van der Waals surface area contributed by atoms with E-state index in [0.29, 0.717) is 0 Å². The Hall–Kier alpha value is 0.155. The highest BCUT2D eigenvalue weighted by Gasteiger charge is 1.81. The summed E-state index contributed by atoms with van der Waals surface area (Å²) in [7, 11) is 3.44. The lowest BCUT2D eigenvalue weighted by Gasteiger charge is -1.71. The van der Waals surface area contributed by atoms with Crippen LogP contribution in [0.15, 0.2) is 0 Å². The molecule has 0 atom stereocenters. The van der Waals surface area contributed by atoms with Gasteiger partial charge in [-0.2, -0.15) is 0 Å². The van der Waals surface area contributed by atoms with Crippen LogP contribution in [0.5, 0.6) is 0 Å². The molecule has 0 aromatic heterocycles. The molecule has 0 aromatic rings. The second-order valence-electron chi connectivity index (χ2n) is 1.09. The molecule has 0 saturated heterocycles. The lowest BCUT2D eigenvalue weighted by atomic mass is 9.32. The van der Waals surface area contributed by atoms with Gasteiger partial charge in [0.2, 0.25) is 6.70 Å². The molecule has 0 spiro atoms. The summed E-state index contributed by atoms with van der Waals surface area (Å²) in [6.07, 6.45) is 0. The Kier molecular flexibility index (Phi) is 1.53. The molecule has 4 heteroatoms. The summed E-state index contributed by atoms with van der Waals surface area (Å²) in [5.74, 6) is 0. The zero-order valence-corrected chi connectivity index (χ0v) is 3.02. The number of hydrogen-bond donors (Lipinski definition) is 1. The summed E-state index contributed by atoms with van der Waals surface area (Å²) >= 11 is 0. The highest BCUT2D eigenvalue weighted by atomic mass is 16.2. The fourth-order valence-corrected chi connectivity index (χ4v) is 0. The van der Waals surface area contributed by atoms with Crippen LogP contribution in [0.2, 0.25) is 0 Å². The standard InChI is InChI=1S/B3H5O/c1-3(2)4/h4H,1-2H2. The molecule has 0 unspecified atom stereocenters. The van der Waals surface area contributed by atoms with Crippen LogP contribution in [-0.4, -0.2) is 27.2 Å². The molecular weight excluding hydrogens is 48.4 g/mol. The largest absolute Gasteiger partial charge is 0.469 e. The van der Waals surface area contributed by atoms with E-state index in [4.69, 9.17) is 5.02 Å². The topological polar surface area (TPSA) is 20.2 Å². The molecule has 0 aliphatic carbocycles. The Labute approximate surface area is 28.3 Å². The lowest BCUT2D eigenvalue weighted by molar-refractivity contribution is 0.614. The summed E-state index contributed by atoms with van der Waals surface area (Å²) in [4.78, 5) is 0. The summed E-state index contributed by atoms with van der Waals surface area (Å²) < 4.78 is 0. The van der Waals surface area contributed by atoms with Gasteiger partial charge in [0.25, 0.3) is 0 Å². The Morgan fingerprint density at radius 1 is 1.50 bits per heavy atom. The molecule has 0 aliphatic heterocycles. The van der Waals surface area contributed by atoms with Gasteiger partial charge >= 0.3 is 0 Å². The Bertz CT molecular complexity index is 8.00. The first kappa shape index (κ1) is 4.15. The fraction of sp³-hybridized carbons (Fsp3) is 0. The van der Waals surface area contributed by atoms with Gasteiger partial charge in [-0.25, -0.2) is 0 Å². The zero-order chi connectivity index (χ0) is 3.58. The molecule has 0 amide bonds. The highest BCUT2D eigenvalue weighted by molar-refractivity contribution is 7.25. The van der Waals surface area contributed by atoms with E-state index < -0.39 is 0 Å². The molecule has 0 aliphatic rings. The zero-order valence-electron chi connectivity index (χ0n) is 3.02. The monoisotopic (exact) mass is 54.1 g/mol. The van der Waals surface area contributed by atoms with Crippen LogP contribution in [0.25, 0.3) is 0 Å². The van der Waals surface area contributed by atoms with Crippen molar-refractivity contribution in [3.8, 4) is 0 Å². The molecule has 1 nitrogen and oxygen atoms in total. The van der Waals surface area contributed by atoms with E-state index in [1.165, 1.54) is 0 Å². The van der Waals surface area contributed by atoms with Gasteiger partial charge in [-0.05, 0) is 0 Å². The third kappa shape index (κ3) is 120. The molecule has 0 saturated carbocycles. The SMILES string of the molecule is BB(B)O. The van der Waals surface area contributed by atoms with Gasteiger partial charge < -0.3 is 5.02 Å². The van der Waals surface area contributed by atoms with Crippen LogP contribution in [0.1, 0.15) is 0 Å². The second kappa shape index (κ2) is 1.47. The van der Waals surface area contributed by atoms with Crippen molar-refractivity contribution < 1.29 is 5.02 Å². The minimum atomic E-state index is -0.167. The Morgan fingerprint density at radius 3 is 1.50 bits per heavy atom. The first-order valence-corrected chi connectivity index (χ1v) is 1.41. The quantitative estimate of drug-likeness (QED) is 0.296. The van der Waals surface area contributed by atoms with Crippen molar-refractivity contribution in [1.82, 2.24) is 0 Å². The lowest BCUT2D eigenvalue weighted by Crippen LogP contribution is -2.10. The molecule has 0 rings (SSSR count). The van der Waals surface area contributed by atoms with Gasteiger partial charge in [0.05, 0.1) is 15.5 Å². The van der Waals surface area contributed by atoms with Gasteiger partial charge in [0, 0.05) is 0 Å². The van der Waals surface area contributed by atoms with Gasteiger partial charge in [-0.3, -0.25) is 0 Å². The van der Waals surface area contributed by atoms with E-state index in [0.717, 1.165) is 0 Å². The first-order valence-electron chi connectivity index (χ1n) is 1.41. The first-order chi connectivity index (χ1) is 1.73. The third-order valence-electron chi connectivity index (χ3n) is 0. The van der Waals surface area contributed by atoms with E-state index >= 15 is 0 Å². The van der Waals surface area contributed by atoms with Gasteiger partial charge in [-0.15, -0.1) is 0 Å². The maximum Gasteiger partial charge on any atom is 0.201 e. The van der Waals surface area contributed by atoms with Crippen molar-refractivity contribution in [3.63, 3.8) is 0 Å². The molecule has 20 valence electrons. The van der Waals surface area contributed by atoms with Gasteiger partial charge in [-0.1, -0.05) is 0 Å². The summed E-state index contributed by atoms with van der Waals surface area (Å²) in [6.45, 7) is -0.167. The predicted molar refractivity (Wildman–Crippen MR) is 25.1 cm³/mol. The second-order valence-corrected chi connectivity index (χ2v) is 1.09. The predicted octanol–water partition coefficient (Wildman–Crippen LogP) is -2.77. The van der Waals surface area contributed by atoms with E-state index in [-0.39, 0.29) is 6.70 Å². The number of hydrogen-bond acceptors (Lipinski definition) is 1. The van der Waals surface area contributed by atoms with Crippen molar-refractivity contribution >= 4 is 22.2 Å². The Balaban J connectivity index is 2.32. The molecule has 0 aromatic carbocycles. The van der Waals surface area contributed by atoms with Crippen molar-refractivity contribution in [3.05, 3.63) is 0 Å². The summed E-state index contributed by atoms with van der Waals surface area (Å²) in [6, 6.07) is 0. The summed E-state index contributed by atoms with van der Waals surface area (Å²) in [5, 5.41) is 8.06. The van der Waals surface area contributed by atoms with Crippen LogP contribution in [-0.2, 0) is 0 Å². The maximum atomic E-state index is 8.06. The summed E-state index contributed by atoms with van der Waals surface area (Å²) in [5.41, 5.74) is 0. The molecule has 0 radical (unpaired) electrons. The number of rotatable bonds is 0. The van der Waals surface area contributed by atoms with Crippen LogP contribution < -0.4 is 0 Å². The maximum absolute atomic E-state index is 8.06. The van der Waals surface area contributed by atoms with Crippen LogP contribution in [0, 0.1) is 0 Å². The normalized spacial score (nSPS) is 6.25. The minimum absolute atomic E-state index is 0.167. The minimum Gasteiger partial charge on any atom is -0.469 e. The molecule has 1 N–H and O–H groups in total. The van der Waals surface area contributed by atoms with Crippen molar-refractivity contribution in [2.75, 3.05) is 0 Å².